The summed E-state index contributed by atoms with van der Waals surface area (Å²) in [7, 11) is 4.10. The van der Waals surface area contributed by atoms with Gasteiger partial charge in [-0.2, -0.15) is 0 Å². The topological polar surface area (TPSA) is 111 Å². The van der Waals surface area contributed by atoms with E-state index >= 15 is 0 Å². The second kappa shape index (κ2) is 10.7. The average molecular weight is 508 g/mol. The van der Waals surface area contributed by atoms with E-state index in [2.05, 4.69) is 14.6 Å². The number of esters is 1. The lowest BCUT2D eigenvalue weighted by molar-refractivity contribution is -0.169. The van der Waals surface area contributed by atoms with Crippen LogP contribution in [0.15, 0.2) is 12.1 Å². The summed E-state index contributed by atoms with van der Waals surface area (Å²) in [6.07, 6.45) is 4.55. The van der Waals surface area contributed by atoms with Crippen molar-refractivity contribution in [2.24, 2.45) is 11.3 Å². The molecule has 0 spiro atoms. The molecule has 0 aliphatic heterocycles. The van der Waals surface area contributed by atoms with E-state index in [0.717, 1.165) is 11.7 Å². The normalized spacial score (nSPS) is 26.6. The number of carboxylic acid groups (broad SMARTS) is 1. The standard InChI is InChI=1S/C26H38NO7P/c1-25(2,3)34-24(31)26(4)11-9-15(10-12-26)33-20-13-17(19(32-5)14-21(20)35)22(28)27-18-8-6-7-16(18)23(29)30/h13-16,18H,6-12,35H2,1-5H3,(H,27,28)(H,29,30)/t15?,16-,18+,26?/m0/s1. The van der Waals surface area contributed by atoms with Crippen molar-refractivity contribution in [2.45, 2.75) is 90.4 Å². The average Bonchev–Trinajstić information content (AvgIpc) is 3.23. The Balaban J connectivity index is 1.70. The molecule has 3 atom stereocenters. The Kier molecular flexibility index (Phi) is 8.36. The van der Waals surface area contributed by atoms with Crippen LogP contribution in [0.3, 0.4) is 0 Å². The van der Waals surface area contributed by atoms with Crippen molar-refractivity contribution < 1.29 is 33.7 Å². The SMILES string of the molecule is COc1cc(P)c(OC2CCC(C)(C(=O)OC(C)(C)C)CC2)cc1C(=O)N[C@@H]1CCC[C@@H]1C(=O)O. The van der Waals surface area contributed by atoms with Gasteiger partial charge in [0, 0.05) is 11.3 Å². The first kappa shape index (κ1) is 27.3. The van der Waals surface area contributed by atoms with Crippen molar-refractivity contribution in [3.05, 3.63) is 17.7 Å². The molecule has 194 valence electrons. The molecule has 1 aromatic rings. The highest BCUT2D eigenvalue weighted by atomic mass is 31.0. The van der Waals surface area contributed by atoms with Crippen molar-refractivity contribution in [2.75, 3.05) is 7.11 Å². The lowest BCUT2D eigenvalue weighted by Gasteiger charge is -2.37. The van der Waals surface area contributed by atoms with Gasteiger partial charge in [-0.1, -0.05) is 6.42 Å². The third-order valence-corrected chi connectivity index (χ3v) is 7.40. The first-order valence-electron chi connectivity index (χ1n) is 12.2. The van der Waals surface area contributed by atoms with E-state index < -0.39 is 28.9 Å². The van der Waals surface area contributed by atoms with Crippen molar-refractivity contribution in [1.29, 1.82) is 0 Å². The number of carbonyl (C=O) groups is 3. The second-order valence-electron chi connectivity index (χ2n) is 10.9. The fourth-order valence-corrected chi connectivity index (χ4v) is 5.13. The lowest BCUT2D eigenvalue weighted by atomic mass is 9.74. The zero-order chi connectivity index (χ0) is 26.0. The number of benzene rings is 1. The molecular formula is C26H38NO7P. The highest BCUT2D eigenvalue weighted by Gasteiger charge is 2.41. The van der Waals surface area contributed by atoms with Crippen molar-refractivity contribution >= 4 is 32.4 Å². The van der Waals surface area contributed by atoms with Crippen LogP contribution >= 0.6 is 9.24 Å². The molecule has 8 nitrogen and oxygen atoms in total. The summed E-state index contributed by atoms with van der Waals surface area (Å²) in [5.41, 5.74) is -0.756. The number of ether oxygens (including phenoxy) is 3. The molecular weight excluding hydrogens is 469 g/mol. The van der Waals surface area contributed by atoms with Gasteiger partial charge in [0.2, 0.25) is 0 Å². The van der Waals surface area contributed by atoms with Crippen LogP contribution in [0.25, 0.3) is 0 Å². The number of carbonyl (C=O) groups excluding carboxylic acids is 2. The van der Waals surface area contributed by atoms with Crippen LogP contribution in [-0.2, 0) is 14.3 Å². The van der Waals surface area contributed by atoms with Crippen molar-refractivity contribution in [1.82, 2.24) is 5.32 Å². The number of methoxy groups -OCH3 is 1. The molecule has 2 N–H and O–H groups in total. The summed E-state index contributed by atoms with van der Waals surface area (Å²) in [6, 6.07) is 2.98. The van der Waals surface area contributed by atoms with Crippen molar-refractivity contribution in [3.63, 3.8) is 0 Å². The molecule has 1 aromatic carbocycles. The zero-order valence-corrected chi connectivity index (χ0v) is 22.5. The van der Waals surface area contributed by atoms with E-state index in [1.54, 1.807) is 12.1 Å². The third-order valence-electron chi connectivity index (χ3n) is 6.95. The van der Waals surface area contributed by atoms with Gasteiger partial charge in [0.15, 0.2) is 0 Å². The Hall–Kier alpha value is -2.34. The highest BCUT2D eigenvalue weighted by molar-refractivity contribution is 7.27. The first-order chi connectivity index (χ1) is 16.3. The number of amides is 1. The molecule has 0 radical (unpaired) electrons. The van der Waals surface area contributed by atoms with E-state index in [0.29, 0.717) is 55.6 Å². The molecule has 3 rings (SSSR count). The fourth-order valence-electron chi connectivity index (χ4n) is 4.83. The van der Waals surface area contributed by atoms with E-state index in [1.165, 1.54) is 7.11 Å². The molecule has 1 amide bonds. The van der Waals surface area contributed by atoms with Gasteiger partial charge in [-0.25, -0.2) is 0 Å². The predicted octanol–water partition coefficient (Wildman–Crippen LogP) is 3.85. The summed E-state index contributed by atoms with van der Waals surface area (Å²) in [6.45, 7) is 7.56. The Morgan fingerprint density at radius 3 is 2.31 bits per heavy atom. The maximum Gasteiger partial charge on any atom is 0.312 e. The van der Waals surface area contributed by atoms with Crippen LogP contribution in [0.2, 0.25) is 0 Å². The van der Waals surface area contributed by atoms with E-state index in [9.17, 15) is 19.5 Å². The molecule has 2 aliphatic rings. The van der Waals surface area contributed by atoms with Gasteiger partial charge >= 0.3 is 11.9 Å². The zero-order valence-electron chi connectivity index (χ0n) is 21.3. The summed E-state index contributed by atoms with van der Waals surface area (Å²) < 4.78 is 17.3. The number of carboxylic acids is 1. The van der Waals surface area contributed by atoms with Gasteiger partial charge < -0.3 is 24.6 Å². The molecule has 9 heteroatoms. The van der Waals surface area contributed by atoms with E-state index in [4.69, 9.17) is 14.2 Å². The van der Waals surface area contributed by atoms with Gasteiger partial charge in [-0.15, -0.1) is 9.24 Å². The molecule has 0 saturated heterocycles. The Labute approximate surface area is 209 Å². The Bertz CT molecular complexity index is 963. The summed E-state index contributed by atoms with van der Waals surface area (Å²) in [5, 5.41) is 13.1. The summed E-state index contributed by atoms with van der Waals surface area (Å²) in [5.74, 6) is -1.08. The number of hydrogen-bond donors (Lipinski definition) is 2. The quantitative estimate of drug-likeness (QED) is 0.426. The molecule has 1 unspecified atom stereocenters. The van der Waals surface area contributed by atoms with Gasteiger partial charge in [0.25, 0.3) is 5.91 Å². The molecule has 35 heavy (non-hydrogen) atoms. The van der Waals surface area contributed by atoms with Gasteiger partial charge in [-0.05, 0) is 78.4 Å². The minimum absolute atomic E-state index is 0.0969. The molecule has 2 fully saturated rings. The lowest BCUT2D eigenvalue weighted by Crippen LogP contribution is -2.41. The van der Waals surface area contributed by atoms with Crippen LogP contribution in [0.4, 0.5) is 0 Å². The minimum Gasteiger partial charge on any atom is -0.496 e. The molecule has 0 heterocycles. The Morgan fingerprint density at radius 1 is 1.09 bits per heavy atom. The van der Waals surface area contributed by atoms with Crippen molar-refractivity contribution in [3.8, 4) is 11.5 Å². The van der Waals surface area contributed by atoms with E-state index in [-0.39, 0.29) is 18.0 Å². The number of aliphatic carboxylic acids is 1. The summed E-state index contributed by atoms with van der Waals surface area (Å²) >= 11 is 0. The number of rotatable bonds is 7. The third kappa shape index (κ3) is 6.66. The molecule has 2 aliphatic carbocycles. The molecule has 0 aromatic heterocycles. The van der Waals surface area contributed by atoms with Crippen LogP contribution in [-0.4, -0.2) is 47.8 Å². The number of nitrogens with one attached hydrogen (secondary N) is 1. The van der Waals surface area contributed by atoms with Gasteiger partial charge in [0.05, 0.1) is 30.1 Å². The van der Waals surface area contributed by atoms with Crippen LogP contribution in [0, 0.1) is 11.3 Å². The smallest absolute Gasteiger partial charge is 0.312 e. The van der Waals surface area contributed by atoms with Crippen LogP contribution < -0.4 is 20.1 Å². The van der Waals surface area contributed by atoms with Gasteiger partial charge in [0.1, 0.15) is 17.1 Å². The van der Waals surface area contributed by atoms with Gasteiger partial charge in [-0.3, -0.25) is 14.4 Å². The molecule has 2 saturated carbocycles. The maximum absolute atomic E-state index is 13.1. The molecule has 0 bridgehead atoms. The fraction of sp³-hybridized carbons (Fsp3) is 0.654. The Morgan fingerprint density at radius 2 is 1.74 bits per heavy atom. The van der Waals surface area contributed by atoms with Crippen LogP contribution in [0.1, 0.15) is 83.0 Å². The monoisotopic (exact) mass is 507 g/mol. The largest absolute Gasteiger partial charge is 0.496 e. The maximum atomic E-state index is 13.1. The highest BCUT2D eigenvalue weighted by Crippen LogP contribution is 2.39. The predicted molar refractivity (Wildman–Crippen MR) is 135 cm³/mol. The minimum atomic E-state index is -0.889. The first-order valence-corrected chi connectivity index (χ1v) is 12.8. The van der Waals surface area contributed by atoms with Crippen LogP contribution in [0.5, 0.6) is 11.5 Å². The van der Waals surface area contributed by atoms with E-state index in [1.807, 2.05) is 27.7 Å². The number of hydrogen-bond acceptors (Lipinski definition) is 6. The summed E-state index contributed by atoms with van der Waals surface area (Å²) in [4.78, 5) is 37.3. The second-order valence-corrected chi connectivity index (χ2v) is 11.5.